The van der Waals surface area contributed by atoms with Gasteiger partial charge in [0.15, 0.2) is 0 Å². The first-order chi connectivity index (χ1) is 16.1. The number of hydrogen-bond acceptors (Lipinski definition) is 6. The average molecular weight is 476 g/mol. The van der Waals surface area contributed by atoms with E-state index < -0.39 is 35.0 Å². The summed E-state index contributed by atoms with van der Waals surface area (Å²) < 4.78 is 0. The summed E-state index contributed by atoms with van der Waals surface area (Å²) in [5.74, 6) is -0.643. The van der Waals surface area contributed by atoms with E-state index in [1.165, 1.54) is 0 Å². The van der Waals surface area contributed by atoms with Crippen LogP contribution in [0.5, 0.6) is 0 Å². The molecule has 2 saturated heterocycles. The first-order valence-corrected chi connectivity index (χ1v) is 12.7. The minimum atomic E-state index is -0.749. The maximum atomic E-state index is 13.4. The van der Waals surface area contributed by atoms with E-state index in [4.69, 9.17) is 11.5 Å². The smallest absolute Gasteiger partial charge is 0.240 e. The van der Waals surface area contributed by atoms with Crippen LogP contribution in [0, 0.1) is 11.8 Å². The number of rotatable bonds is 7. The number of nitrogens with two attached hydrogens (primary N) is 2. The number of carbonyl (C=O) groups is 4. The summed E-state index contributed by atoms with van der Waals surface area (Å²) in [6.07, 6.45) is 7.47. The van der Waals surface area contributed by atoms with Crippen LogP contribution in [0.1, 0.15) is 64.2 Å². The van der Waals surface area contributed by atoms with E-state index in [1.807, 2.05) is 4.90 Å². The Kier molecular flexibility index (Phi) is 5.87. The maximum absolute atomic E-state index is 13.4. The molecule has 4 amide bonds. The highest BCUT2D eigenvalue weighted by atomic mass is 16.3. The van der Waals surface area contributed by atoms with Crippen LogP contribution in [0.15, 0.2) is 0 Å². The van der Waals surface area contributed by atoms with Gasteiger partial charge < -0.3 is 26.4 Å². The Bertz CT molecular complexity index is 833. The molecular formula is C24H37N5O5. The first kappa shape index (κ1) is 23.5. The third kappa shape index (κ3) is 4.08. The molecule has 4 saturated carbocycles. The Morgan fingerprint density at radius 3 is 1.71 bits per heavy atom. The van der Waals surface area contributed by atoms with Crippen LogP contribution in [-0.2, 0) is 19.2 Å². The van der Waals surface area contributed by atoms with Crippen LogP contribution < -0.4 is 11.5 Å². The zero-order chi connectivity index (χ0) is 24.3. The van der Waals surface area contributed by atoms with Gasteiger partial charge in [-0.15, -0.1) is 0 Å². The molecule has 2 aliphatic heterocycles. The molecule has 10 heteroatoms. The van der Waals surface area contributed by atoms with E-state index in [1.54, 1.807) is 9.80 Å². The van der Waals surface area contributed by atoms with Gasteiger partial charge >= 0.3 is 0 Å². The lowest BCUT2D eigenvalue weighted by molar-refractivity contribution is -0.182. The van der Waals surface area contributed by atoms with Crippen LogP contribution >= 0.6 is 0 Å². The minimum Gasteiger partial charge on any atom is -0.390 e. The number of carbonyl (C=O) groups excluding carboxylic acids is 4. The molecule has 0 spiro atoms. The van der Waals surface area contributed by atoms with E-state index in [9.17, 15) is 24.3 Å². The molecule has 0 aromatic heterocycles. The summed E-state index contributed by atoms with van der Waals surface area (Å²) in [5.41, 5.74) is 9.90. The maximum Gasteiger partial charge on any atom is 0.240 e. The third-order valence-corrected chi connectivity index (χ3v) is 9.13. The van der Waals surface area contributed by atoms with Gasteiger partial charge in [-0.3, -0.25) is 24.1 Å². The summed E-state index contributed by atoms with van der Waals surface area (Å²) in [6.45, 7) is 0.957. The molecule has 34 heavy (non-hydrogen) atoms. The normalized spacial score (nSPS) is 38.6. The van der Waals surface area contributed by atoms with E-state index in [2.05, 4.69) is 0 Å². The van der Waals surface area contributed by atoms with Gasteiger partial charge in [0.2, 0.25) is 23.6 Å². The van der Waals surface area contributed by atoms with E-state index in [0.717, 1.165) is 44.9 Å². The lowest BCUT2D eigenvalue weighted by Crippen LogP contribution is -2.67. The second-order valence-corrected chi connectivity index (χ2v) is 11.6. The number of amides is 4. The summed E-state index contributed by atoms with van der Waals surface area (Å²) in [7, 11) is 0. The van der Waals surface area contributed by atoms with Crippen molar-refractivity contribution in [1.29, 1.82) is 0 Å². The molecule has 0 aromatic carbocycles. The van der Waals surface area contributed by atoms with Crippen molar-refractivity contribution in [3.05, 3.63) is 0 Å². The third-order valence-electron chi connectivity index (χ3n) is 9.13. The lowest BCUT2D eigenvalue weighted by atomic mass is 9.50. The molecule has 4 bridgehead atoms. The molecule has 6 atom stereocenters. The molecule has 6 aliphatic rings. The summed E-state index contributed by atoms with van der Waals surface area (Å²) in [5, 5.41) is 11.3. The standard InChI is InChI=1S/C24H37N5O5/c25-21(32)17-3-1-5-28(17)19(30)12-27(13-20(31)29-6-2-4-18(29)22(26)33)23-8-15-7-16(9-23)11-24(34,10-15)14-23/h15-18,34H,1-14H2,(H2,25,32)(H2,26,33)/t15-,16+,17-,18-,23?,24?/m0/s1. The quantitative estimate of drug-likeness (QED) is 0.444. The predicted octanol–water partition coefficient (Wildman–Crippen LogP) is -0.675. The molecule has 0 aromatic rings. The van der Waals surface area contributed by atoms with Gasteiger partial charge in [0.1, 0.15) is 12.1 Å². The largest absolute Gasteiger partial charge is 0.390 e. The van der Waals surface area contributed by atoms with Gasteiger partial charge in [-0.2, -0.15) is 0 Å². The minimum absolute atomic E-state index is 0.000117. The van der Waals surface area contributed by atoms with Gasteiger partial charge in [-0.1, -0.05) is 0 Å². The topological polar surface area (TPSA) is 150 Å². The molecule has 5 N–H and O–H groups in total. The van der Waals surface area contributed by atoms with Crippen molar-refractivity contribution < 1.29 is 24.3 Å². The number of likely N-dealkylation sites (tertiary alicyclic amines) is 2. The Balaban J connectivity index is 1.40. The Labute approximate surface area is 200 Å². The van der Waals surface area contributed by atoms with E-state index in [0.29, 0.717) is 44.2 Å². The molecule has 6 fully saturated rings. The van der Waals surface area contributed by atoms with E-state index >= 15 is 0 Å². The monoisotopic (exact) mass is 475 g/mol. The molecule has 4 aliphatic carbocycles. The van der Waals surface area contributed by atoms with Gasteiger partial charge in [-0.25, -0.2) is 0 Å². The zero-order valence-corrected chi connectivity index (χ0v) is 19.8. The molecule has 0 radical (unpaired) electrons. The van der Waals surface area contributed by atoms with Gasteiger partial charge in [0, 0.05) is 18.6 Å². The van der Waals surface area contributed by atoms with Crippen molar-refractivity contribution in [1.82, 2.24) is 14.7 Å². The Hall–Kier alpha value is -2.20. The molecular weight excluding hydrogens is 438 g/mol. The molecule has 10 nitrogen and oxygen atoms in total. The Morgan fingerprint density at radius 2 is 1.29 bits per heavy atom. The SMILES string of the molecule is NC(=O)[C@@H]1CCCN1C(=O)CN(CC(=O)N1CCC[C@H]1C(N)=O)C12C[C@@H]3C[C@@H](CC(O)(C3)C1)C2. The van der Waals surface area contributed by atoms with Gasteiger partial charge in [0.25, 0.3) is 0 Å². The fourth-order valence-electron chi connectivity index (χ4n) is 8.16. The van der Waals surface area contributed by atoms with Crippen LogP contribution in [0.25, 0.3) is 0 Å². The van der Waals surface area contributed by atoms with Crippen LogP contribution in [0.2, 0.25) is 0 Å². The van der Waals surface area contributed by atoms with Crippen molar-refractivity contribution in [3.63, 3.8) is 0 Å². The highest BCUT2D eigenvalue weighted by Crippen LogP contribution is 2.59. The van der Waals surface area contributed by atoms with Crippen molar-refractivity contribution in [3.8, 4) is 0 Å². The summed E-state index contributed by atoms with van der Waals surface area (Å²) in [4.78, 5) is 55.7. The zero-order valence-electron chi connectivity index (χ0n) is 19.8. The fourth-order valence-corrected chi connectivity index (χ4v) is 8.16. The second kappa shape index (κ2) is 8.48. The van der Waals surface area contributed by atoms with Crippen molar-refractivity contribution in [2.24, 2.45) is 23.3 Å². The molecule has 188 valence electrons. The highest BCUT2D eigenvalue weighted by Gasteiger charge is 2.59. The lowest BCUT2D eigenvalue weighted by Gasteiger charge is -2.63. The predicted molar refractivity (Wildman–Crippen MR) is 122 cm³/mol. The summed E-state index contributed by atoms with van der Waals surface area (Å²) in [6, 6.07) is -1.22. The van der Waals surface area contributed by atoms with Crippen LogP contribution in [-0.4, -0.2) is 92.8 Å². The van der Waals surface area contributed by atoms with Crippen molar-refractivity contribution in [2.45, 2.75) is 87.4 Å². The van der Waals surface area contributed by atoms with E-state index in [-0.39, 0.29) is 24.9 Å². The average Bonchev–Trinajstić information content (AvgIpc) is 3.41. The summed E-state index contributed by atoms with van der Waals surface area (Å²) >= 11 is 0. The molecule has 2 unspecified atom stereocenters. The highest BCUT2D eigenvalue weighted by molar-refractivity contribution is 5.90. The number of hydrogen-bond donors (Lipinski definition) is 3. The van der Waals surface area contributed by atoms with Crippen LogP contribution in [0.3, 0.4) is 0 Å². The van der Waals surface area contributed by atoms with Crippen molar-refractivity contribution >= 4 is 23.6 Å². The number of aliphatic hydroxyl groups is 1. The second-order valence-electron chi connectivity index (χ2n) is 11.6. The fraction of sp³-hybridized carbons (Fsp3) is 0.833. The molecule has 6 rings (SSSR count). The molecule has 2 heterocycles. The number of nitrogens with zero attached hydrogens (tertiary/aromatic N) is 3. The van der Waals surface area contributed by atoms with Crippen LogP contribution in [0.4, 0.5) is 0 Å². The Morgan fingerprint density at radius 1 is 0.824 bits per heavy atom. The number of primary amides is 2. The first-order valence-electron chi connectivity index (χ1n) is 12.7. The van der Waals surface area contributed by atoms with Gasteiger partial charge in [0.05, 0.1) is 18.7 Å². The van der Waals surface area contributed by atoms with Gasteiger partial charge in [-0.05, 0) is 76.0 Å². The van der Waals surface area contributed by atoms with Crippen molar-refractivity contribution in [2.75, 3.05) is 26.2 Å².